The Labute approximate surface area is 204 Å². The van der Waals surface area contributed by atoms with Crippen LogP contribution in [-0.2, 0) is 14.9 Å². The molecule has 0 bridgehead atoms. The molecule has 34 heavy (non-hydrogen) atoms. The molecule has 3 aliphatic rings. The molecule has 1 saturated carbocycles. The van der Waals surface area contributed by atoms with Crippen LogP contribution in [0.1, 0.15) is 62.3 Å². The van der Waals surface area contributed by atoms with E-state index in [0.29, 0.717) is 18.6 Å². The maximum atomic E-state index is 13.6. The zero-order valence-electron chi connectivity index (χ0n) is 20.8. The van der Waals surface area contributed by atoms with Crippen LogP contribution in [0, 0.1) is 11.3 Å². The number of benzene rings is 2. The number of piperidine rings is 1. The van der Waals surface area contributed by atoms with Crippen molar-refractivity contribution in [2.45, 2.75) is 57.0 Å². The third-order valence-corrected chi connectivity index (χ3v) is 8.87. The highest BCUT2D eigenvalue weighted by molar-refractivity contribution is 5.83. The van der Waals surface area contributed by atoms with E-state index < -0.39 is 5.41 Å². The first-order valence-corrected chi connectivity index (χ1v) is 12.9. The van der Waals surface area contributed by atoms with Crippen LogP contribution < -0.4 is 5.32 Å². The lowest BCUT2D eigenvalue weighted by Crippen LogP contribution is -2.51. The molecule has 180 valence electrons. The zero-order valence-corrected chi connectivity index (χ0v) is 20.8. The first kappa shape index (κ1) is 23.3. The second kappa shape index (κ2) is 9.31. The second-order valence-electron chi connectivity index (χ2n) is 10.8. The van der Waals surface area contributed by atoms with E-state index in [1.165, 1.54) is 11.1 Å². The molecule has 1 spiro atoms. The van der Waals surface area contributed by atoms with E-state index in [1.807, 2.05) is 18.2 Å². The lowest BCUT2D eigenvalue weighted by atomic mass is 9.67. The van der Waals surface area contributed by atoms with Crippen molar-refractivity contribution in [3.63, 3.8) is 0 Å². The van der Waals surface area contributed by atoms with Crippen molar-refractivity contribution in [1.82, 2.24) is 10.2 Å². The van der Waals surface area contributed by atoms with E-state index in [2.05, 4.69) is 72.6 Å². The van der Waals surface area contributed by atoms with Gasteiger partial charge in [0.25, 0.3) is 0 Å². The molecule has 4 heteroatoms. The Balaban J connectivity index is 1.27. The summed E-state index contributed by atoms with van der Waals surface area (Å²) in [6.45, 7) is 7.12. The van der Waals surface area contributed by atoms with Crippen LogP contribution in [0.25, 0.3) is 6.08 Å². The Morgan fingerprint density at radius 3 is 2.68 bits per heavy atom. The van der Waals surface area contributed by atoms with Gasteiger partial charge in [0.2, 0.25) is 5.91 Å². The molecule has 2 aliphatic carbocycles. The van der Waals surface area contributed by atoms with Gasteiger partial charge in [0.15, 0.2) is 0 Å². The molecule has 2 fully saturated rings. The molecule has 5 rings (SSSR count). The SMILES string of the molecule is COCC1(C(=O)N[C@H](C)c2ccccc2)CCC(N2CC[C@@]3(C=Cc4ccccc43)C(C)C2)C1. The molecular formula is C30H38N2O2. The summed E-state index contributed by atoms with van der Waals surface area (Å²) >= 11 is 0. The van der Waals surface area contributed by atoms with Gasteiger partial charge in [-0.25, -0.2) is 0 Å². The summed E-state index contributed by atoms with van der Waals surface area (Å²) in [5, 5.41) is 3.30. The number of allylic oxidation sites excluding steroid dienone is 1. The van der Waals surface area contributed by atoms with Crippen molar-refractivity contribution in [3.8, 4) is 0 Å². The summed E-state index contributed by atoms with van der Waals surface area (Å²) in [5.41, 5.74) is 3.74. The van der Waals surface area contributed by atoms with E-state index in [1.54, 1.807) is 7.11 Å². The van der Waals surface area contributed by atoms with Crippen molar-refractivity contribution in [2.75, 3.05) is 26.8 Å². The number of nitrogens with one attached hydrogen (secondary N) is 1. The number of hydrogen-bond donors (Lipinski definition) is 1. The van der Waals surface area contributed by atoms with Gasteiger partial charge in [-0.2, -0.15) is 0 Å². The number of methoxy groups -OCH3 is 1. The van der Waals surface area contributed by atoms with Crippen molar-refractivity contribution in [3.05, 3.63) is 77.4 Å². The Bertz CT molecular complexity index is 1050. The largest absolute Gasteiger partial charge is 0.384 e. The van der Waals surface area contributed by atoms with Gasteiger partial charge in [0, 0.05) is 25.1 Å². The average molecular weight is 459 g/mol. The lowest BCUT2D eigenvalue weighted by Gasteiger charge is -2.46. The summed E-state index contributed by atoms with van der Waals surface area (Å²) in [4.78, 5) is 16.2. The van der Waals surface area contributed by atoms with Crippen LogP contribution in [0.4, 0.5) is 0 Å². The zero-order chi connectivity index (χ0) is 23.8. The minimum Gasteiger partial charge on any atom is -0.384 e. The molecule has 4 nitrogen and oxygen atoms in total. The molecule has 1 N–H and O–H groups in total. The predicted molar refractivity (Wildman–Crippen MR) is 137 cm³/mol. The van der Waals surface area contributed by atoms with Gasteiger partial charge in [-0.3, -0.25) is 9.69 Å². The monoisotopic (exact) mass is 458 g/mol. The van der Waals surface area contributed by atoms with Gasteiger partial charge < -0.3 is 10.1 Å². The number of carbonyl (C=O) groups excluding carboxylic acids is 1. The molecule has 1 saturated heterocycles. The predicted octanol–water partition coefficient (Wildman–Crippen LogP) is 5.36. The fourth-order valence-electron chi connectivity index (χ4n) is 6.82. The van der Waals surface area contributed by atoms with Crippen molar-refractivity contribution in [2.24, 2.45) is 11.3 Å². The molecule has 5 atom stereocenters. The fraction of sp³-hybridized carbons (Fsp3) is 0.500. The van der Waals surface area contributed by atoms with Crippen LogP contribution >= 0.6 is 0 Å². The summed E-state index contributed by atoms with van der Waals surface area (Å²) in [7, 11) is 1.72. The van der Waals surface area contributed by atoms with Crippen LogP contribution in [0.5, 0.6) is 0 Å². The highest BCUT2D eigenvalue weighted by Gasteiger charge is 2.50. The van der Waals surface area contributed by atoms with Crippen molar-refractivity contribution < 1.29 is 9.53 Å². The Morgan fingerprint density at radius 1 is 1.15 bits per heavy atom. The molecule has 1 amide bonds. The molecular weight excluding hydrogens is 420 g/mol. The van der Waals surface area contributed by atoms with E-state index >= 15 is 0 Å². The van der Waals surface area contributed by atoms with Gasteiger partial charge in [0.05, 0.1) is 18.1 Å². The highest BCUT2D eigenvalue weighted by Crippen LogP contribution is 2.49. The van der Waals surface area contributed by atoms with E-state index in [-0.39, 0.29) is 17.4 Å². The topological polar surface area (TPSA) is 41.6 Å². The van der Waals surface area contributed by atoms with Gasteiger partial charge >= 0.3 is 0 Å². The fourth-order valence-corrected chi connectivity index (χ4v) is 6.82. The van der Waals surface area contributed by atoms with Crippen molar-refractivity contribution >= 4 is 12.0 Å². The summed E-state index contributed by atoms with van der Waals surface area (Å²) in [6.07, 6.45) is 8.74. The maximum absolute atomic E-state index is 13.6. The number of nitrogens with zero attached hydrogens (tertiary/aromatic N) is 1. The standard InChI is InChI=1S/C30H38N2O2/c1-22-20-32(18-17-30(22)16-13-25-11-7-8-12-27(25)30)26-14-15-29(19-26,21-34-3)28(33)31-23(2)24-9-5-4-6-10-24/h4-13,16,22-23,26H,14-15,17-21H2,1-3H3,(H,31,33)/t22?,23-,26?,29?,30+/m1/s1. The normalized spacial score (nSPS) is 31.5. The third kappa shape index (κ3) is 4.01. The third-order valence-electron chi connectivity index (χ3n) is 8.87. The number of carbonyl (C=O) groups is 1. The first-order chi connectivity index (χ1) is 16.5. The molecule has 0 aromatic heterocycles. The summed E-state index contributed by atoms with van der Waals surface area (Å²) in [5.74, 6) is 0.688. The number of fused-ring (bicyclic) bond motifs is 2. The number of amides is 1. The van der Waals surface area contributed by atoms with Gasteiger partial charge in [0.1, 0.15) is 0 Å². The van der Waals surface area contributed by atoms with Crippen LogP contribution in [0.2, 0.25) is 0 Å². The minimum atomic E-state index is -0.444. The van der Waals surface area contributed by atoms with Gasteiger partial charge in [-0.1, -0.05) is 73.7 Å². The number of likely N-dealkylation sites (tertiary alicyclic amines) is 1. The number of hydrogen-bond acceptors (Lipinski definition) is 3. The molecule has 0 radical (unpaired) electrons. The van der Waals surface area contributed by atoms with Crippen molar-refractivity contribution in [1.29, 1.82) is 0 Å². The second-order valence-corrected chi connectivity index (χ2v) is 10.8. The Kier molecular flexibility index (Phi) is 6.39. The average Bonchev–Trinajstić information content (AvgIpc) is 3.46. The van der Waals surface area contributed by atoms with Gasteiger partial charge in [-0.15, -0.1) is 0 Å². The smallest absolute Gasteiger partial charge is 0.229 e. The number of ether oxygens (including phenoxy) is 1. The molecule has 2 aromatic rings. The van der Waals surface area contributed by atoms with E-state index in [4.69, 9.17) is 4.74 Å². The molecule has 2 aromatic carbocycles. The molecule has 3 unspecified atom stereocenters. The lowest BCUT2D eigenvalue weighted by molar-refractivity contribution is -0.135. The minimum absolute atomic E-state index is 0.00873. The highest BCUT2D eigenvalue weighted by atomic mass is 16.5. The Hall–Kier alpha value is -2.43. The molecule has 1 heterocycles. The van der Waals surface area contributed by atoms with Crippen LogP contribution in [-0.4, -0.2) is 43.7 Å². The van der Waals surface area contributed by atoms with Crippen LogP contribution in [0.3, 0.4) is 0 Å². The van der Waals surface area contributed by atoms with Crippen LogP contribution in [0.15, 0.2) is 60.7 Å². The summed E-state index contributed by atoms with van der Waals surface area (Å²) in [6, 6.07) is 19.5. The summed E-state index contributed by atoms with van der Waals surface area (Å²) < 4.78 is 5.62. The first-order valence-electron chi connectivity index (χ1n) is 12.9. The maximum Gasteiger partial charge on any atom is 0.229 e. The van der Waals surface area contributed by atoms with E-state index in [9.17, 15) is 4.79 Å². The molecule has 1 aliphatic heterocycles. The quantitative estimate of drug-likeness (QED) is 0.634. The Morgan fingerprint density at radius 2 is 1.91 bits per heavy atom. The van der Waals surface area contributed by atoms with E-state index in [0.717, 1.165) is 44.3 Å². The number of rotatable bonds is 6. The van der Waals surface area contributed by atoms with Gasteiger partial charge in [-0.05, 0) is 61.8 Å².